The summed E-state index contributed by atoms with van der Waals surface area (Å²) in [5.41, 5.74) is 2.29. The van der Waals surface area contributed by atoms with Crippen molar-refractivity contribution in [3.8, 4) is 11.7 Å². The van der Waals surface area contributed by atoms with Gasteiger partial charge in [-0.3, -0.25) is 4.79 Å². The van der Waals surface area contributed by atoms with E-state index in [1.54, 1.807) is 18.4 Å². The minimum atomic E-state index is 0.101. The van der Waals surface area contributed by atoms with Crippen molar-refractivity contribution in [1.29, 1.82) is 0 Å². The standard InChI is InChI=1S/C21H20N4O3/c26-19(8-7-14-12-22-17-5-2-1-4-16(14)17)25-10-9-15(13-25)20-23-21(28-24-20)18-6-3-11-27-18/h1-6,11-12,15,22H,7-10,13H2/t15-/m1/s1. The number of nitrogens with zero attached hydrogens (tertiary/aromatic N) is 3. The summed E-state index contributed by atoms with van der Waals surface area (Å²) in [6.45, 7) is 1.35. The number of aromatic amines is 1. The number of carbonyl (C=O) groups excluding carboxylic acids is 1. The molecule has 1 aliphatic heterocycles. The first-order chi connectivity index (χ1) is 13.8. The summed E-state index contributed by atoms with van der Waals surface area (Å²) >= 11 is 0. The van der Waals surface area contributed by atoms with Gasteiger partial charge in [0, 0.05) is 42.5 Å². The first kappa shape index (κ1) is 16.8. The van der Waals surface area contributed by atoms with Crippen LogP contribution in [-0.4, -0.2) is 39.0 Å². The molecule has 5 rings (SSSR count). The van der Waals surface area contributed by atoms with Crippen molar-refractivity contribution in [3.05, 3.63) is 60.2 Å². The van der Waals surface area contributed by atoms with E-state index in [0.717, 1.165) is 24.9 Å². The molecule has 4 aromatic rings. The Kier molecular flexibility index (Phi) is 4.20. The van der Waals surface area contributed by atoms with E-state index in [9.17, 15) is 4.79 Å². The Hall–Kier alpha value is -3.35. The number of carbonyl (C=O) groups is 1. The summed E-state index contributed by atoms with van der Waals surface area (Å²) in [7, 11) is 0. The lowest BCUT2D eigenvalue weighted by atomic mass is 10.1. The van der Waals surface area contributed by atoms with E-state index >= 15 is 0 Å². The first-order valence-corrected chi connectivity index (χ1v) is 9.48. The van der Waals surface area contributed by atoms with E-state index in [0.29, 0.717) is 30.4 Å². The number of likely N-dealkylation sites (tertiary alicyclic amines) is 1. The van der Waals surface area contributed by atoms with Crippen LogP contribution < -0.4 is 0 Å². The fraction of sp³-hybridized carbons (Fsp3) is 0.286. The van der Waals surface area contributed by atoms with Gasteiger partial charge in [0.15, 0.2) is 11.6 Å². The van der Waals surface area contributed by atoms with Crippen molar-refractivity contribution < 1.29 is 13.7 Å². The van der Waals surface area contributed by atoms with Gasteiger partial charge in [0.1, 0.15) is 0 Å². The largest absolute Gasteiger partial charge is 0.459 e. The van der Waals surface area contributed by atoms with E-state index < -0.39 is 0 Å². The van der Waals surface area contributed by atoms with Crippen LogP contribution in [0.2, 0.25) is 0 Å². The molecule has 0 radical (unpaired) electrons. The molecule has 7 nitrogen and oxygen atoms in total. The predicted octanol–water partition coefficient (Wildman–Crippen LogP) is 3.76. The topological polar surface area (TPSA) is 88.2 Å². The van der Waals surface area contributed by atoms with Gasteiger partial charge < -0.3 is 18.8 Å². The number of benzene rings is 1. The minimum absolute atomic E-state index is 0.101. The third-order valence-corrected chi connectivity index (χ3v) is 5.36. The van der Waals surface area contributed by atoms with Crippen molar-refractivity contribution in [2.45, 2.75) is 25.2 Å². The van der Waals surface area contributed by atoms with E-state index in [1.807, 2.05) is 29.3 Å². The highest BCUT2D eigenvalue weighted by Crippen LogP contribution is 2.28. The van der Waals surface area contributed by atoms with Gasteiger partial charge in [-0.1, -0.05) is 23.4 Å². The predicted molar refractivity (Wildman–Crippen MR) is 103 cm³/mol. The van der Waals surface area contributed by atoms with E-state index in [-0.39, 0.29) is 11.8 Å². The van der Waals surface area contributed by atoms with Crippen molar-refractivity contribution in [2.75, 3.05) is 13.1 Å². The molecule has 7 heteroatoms. The van der Waals surface area contributed by atoms with Gasteiger partial charge in [-0.2, -0.15) is 4.98 Å². The van der Waals surface area contributed by atoms with Gasteiger partial charge in [0.25, 0.3) is 5.89 Å². The molecule has 1 amide bonds. The van der Waals surface area contributed by atoms with Crippen LogP contribution >= 0.6 is 0 Å². The van der Waals surface area contributed by atoms with Crippen LogP contribution in [0.5, 0.6) is 0 Å². The second-order valence-electron chi connectivity index (χ2n) is 7.12. The quantitative estimate of drug-likeness (QED) is 0.573. The maximum absolute atomic E-state index is 12.7. The summed E-state index contributed by atoms with van der Waals surface area (Å²) < 4.78 is 10.6. The van der Waals surface area contributed by atoms with Crippen LogP contribution in [-0.2, 0) is 11.2 Å². The second kappa shape index (κ2) is 6.99. The van der Waals surface area contributed by atoms with Crippen molar-refractivity contribution >= 4 is 16.8 Å². The third-order valence-electron chi connectivity index (χ3n) is 5.36. The number of furan rings is 1. The summed E-state index contributed by atoms with van der Waals surface area (Å²) in [6.07, 6.45) is 5.65. The first-order valence-electron chi connectivity index (χ1n) is 9.48. The van der Waals surface area contributed by atoms with Gasteiger partial charge >= 0.3 is 0 Å². The van der Waals surface area contributed by atoms with Crippen LogP contribution in [0.1, 0.15) is 30.1 Å². The minimum Gasteiger partial charge on any atom is -0.459 e. The molecule has 0 spiro atoms. The number of aromatic nitrogens is 3. The van der Waals surface area contributed by atoms with Crippen LogP contribution in [0.15, 0.2) is 57.8 Å². The molecule has 1 aliphatic rings. The Labute approximate surface area is 161 Å². The smallest absolute Gasteiger partial charge is 0.293 e. The zero-order valence-electron chi connectivity index (χ0n) is 15.3. The van der Waals surface area contributed by atoms with Crippen molar-refractivity contribution in [3.63, 3.8) is 0 Å². The molecule has 1 N–H and O–H groups in total. The Morgan fingerprint density at radius 1 is 1.25 bits per heavy atom. The third kappa shape index (κ3) is 3.09. The normalized spacial score (nSPS) is 16.9. The second-order valence-corrected chi connectivity index (χ2v) is 7.12. The van der Waals surface area contributed by atoms with Crippen LogP contribution in [0.3, 0.4) is 0 Å². The van der Waals surface area contributed by atoms with Crippen molar-refractivity contribution in [1.82, 2.24) is 20.0 Å². The van der Waals surface area contributed by atoms with Crippen LogP contribution in [0, 0.1) is 0 Å². The molecule has 0 bridgehead atoms. The van der Waals surface area contributed by atoms with Crippen LogP contribution in [0.25, 0.3) is 22.6 Å². The Morgan fingerprint density at radius 2 is 2.18 bits per heavy atom. The number of para-hydroxylation sites is 1. The molecule has 3 aromatic heterocycles. The van der Waals surface area contributed by atoms with Gasteiger partial charge in [-0.15, -0.1) is 0 Å². The SMILES string of the molecule is O=C(CCc1c[nH]c2ccccc12)N1CC[C@@H](c2noc(-c3ccco3)n2)C1. The molecule has 0 aliphatic carbocycles. The summed E-state index contributed by atoms with van der Waals surface area (Å²) in [5.74, 6) is 1.85. The number of rotatable bonds is 5. The Morgan fingerprint density at radius 3 is 3.07 bits per heavy atom. The molecule has 0 unspecified atom stereocenters. The lowest BCUT2D eigenvalue weighted by Crippen LogP contribution is -2.28. The molecular formula is C21H20N4O3. The van der Waals surface area contributed by atoms with E-state index in [1.165, 1.54) is 10.9 Å². The molecule has 28 heavy (non-hydrogen) atoms. The number of hydrogen-bond donors (Lipinski definition) is 1. The highest BCUT2D eigenvalue weighted by atomic mass is 16.5. The fourth-order valence-electron chi connectivity index (χ4n) is 3.84. The maximum atomic E-state index is 12.7. The molecule has 142 valence electrons. The average Bonchev–Trinajstić information content (AvgIpc) is 3.52. The highest BCUT2D eigenvalue weighted by molar-refractivity contribution is 5.84. The molecule has 1 aromatic carbocycles. The van der Waals surface area contributed by atoms with Gasteiger partial charge in [-0.25, -0.2) is 0 Å². The van der Waals surface area contributed by atoms with Gasteiger partial charge in [0.05, 0.1) is 6.26 Å². The van der Waals surface area contributed by atoms with Gasteiger partial charge in [0.2, 0.25) is 5.91 Å². The molecule has 1 fully saturated rings. The number of aryl methyl sites for hydroxylation is 1. The van der Waals surface area contributed by atoms with E-state index in [4.69, 9.17) is 8.94 Å². The molecule has 1 atom stereocenters. The number of H-pyrrole nitrogens is 1. The molecular weight excluding hydrogens is 356 g/mol. The zero-order valence-corrected chi connectivity index (χ0v) is 15.3. The molecule has 4 heterocycles. The fourth-order valence-corrected chi connectivity index (χ4v) is 3.84. The van der Waals surface area contributed by atoms with Gasteiger partial charge in [-0.05, 0) is 36.6 Å². The number of amides is 1. The summed E-state index contributed by atoms with van der Waals surface area (Å²) in [4.78, 5) is 22.3. The Bertz CT molecular complexity index is 1100. The van der Waals surface area contributed by atoms with Crippen molar-refractivity contribution in [2.24, 2.45) is 0 Å². The van der Waals surface area contributed by atoms with E-state index in [2.05, 4.69) is 21.2 Å². The lowest BCUT2D eigenvalue weighted by Gasteiger charge is -2.15. The summed E-state index contributed by atoms with van der Waals surface area (Å²) in [6, 6.07) is 11.7. The maximum Gasteiger partial charge on any atom is 0.293 e. The molecule has 0 saturated carbocycles. The Balaban J connectivity index is 1.20. The average molecular weight is 376 g/mol. The van der Waals surface area contributed by atoms with Crippen LogP contribution in [0.4, 0.5) is 0 Å². The number of nitrogens with one attached hydrogen (secondary N) is 1. The highest BCUT2D eigenvalue weighted by Gasteiger charge is 2.30. The summed E-state index contributed by atoms with van der Waals surface area (Å²) in [5, 5.41) is 5.27. The number of fused-ring (bicyclic) bond motifs is 1. The monoisotopic (exact) mass is 376 g/mol. The number of hydrogen-bond acceptors (Lipinski definition) is 5. The molecule has 1 saturated heterocycles. The lowest BCUT2D eigenvalue weighted by molar-refractivity contribution is -0.130. The zero-order chi connectivity index (χ0) is 18.9.